The van der Waals surface area contributed by atoms with E-state index in [4.69, 9.17) is 14.9 Å². The fourth-order valence-corrected chi connectivity index (χ4v) is 1.06. The molecule has 2 N–H and O–H groups in total. The molecule has 0 aliphatic carbocycles. The van der Waals surface area contributed by atoms with Gasteiger partial charge in [-0.15, -0.1) is 0 Å². The maximum atomic E-state index is 10.5. The van der Waals surface area contributed by atoms with Crippen molar-refractivity contribution in [1.29, 1.82) is 0 Å². The molecule has 0 unspecified atom stereocenters. The van der Waals surface area contributed by atoms with Gasteiger partial charge in [-0.3, -0.25) is 0 Å². The number of carbonyl (C=O) groups is 1. The third-order valence-corrected chi connectivity index (χ3v) is 1.94. The Morgan fingerprint density at radius 2 is 1.88 bits per heavy atom. The SMILES string of the molecule is CCOCC.Cc1c(O)cccc1C(=O)O. The number of benzene rings is 1. The van der Waals surface area contributed by atoms with Crippen LogP contribution in [0.1, 0.15) is 29.8 Å². The summed E-state index contributed by atoms with van der Waals surface area (Å²) in [6.45, 7) is 7.23. The summed E-state index contributed by atoms with van der Waals surface area (Å²) in [5, 5.41) is 17.7. The average molecular weight is 226 g/mol. The maximum absolute atomic E-state index is 10.5. The Kier molecular flexibility index (Phi) is 6.96. The summed E-state index contributed by atoms with van der Waals surface area (Å²) in [6.07, 6.45) is 0. The van der Waals surface area contributed by atoms with E-state index in [1.807, 2.05) is 13.8 Å². The standard InChI is InChI=1S/C8H8O3.C4H10O/c1-5-6(8(10)11)3-2-4-7(5)9;1-3-5-4-2/h2-4,9H,1H3,(H,10,11);3-4H2,1-2H3. The lowest BCUT2D eigenvalue weighted by atomic mass is 10.1. The predicted octanol–water partition coefficient (Wildman–Crippen LogP) is 2.44. The monoisotopic (exact) mass is 226 g/mol. The zero-order valence-corrected chi connectivity index (χ0v) is 9.86. The molecule has 0 bridgehead atoms. The van der Waals surface area contributed by atoms with E-state index < -0.39 is 5.97 Å². The highest BCUT2D eigenvalue weighted by atomic mass is 16.5. The Hall–Kier alpha value is -1.55. The summed E-state index contributed by atoms with van der Waals surface area (Å²) in [5.74, 6) is -0.997. The van der Waals surface area contributed by atoms with Gasteiger partial charge in [-0.25, -0.2) is 4.79 Å². The van der Waals surface area contributed by atoms with Gasteiger partial charge in [0.1, 0.15) is 5.75 Å². The topological polar surface area (TPSA) is 66.8 Å². The molecule has 0 saturated heterocycles. The van der Waals surface area contributed by atoms with Crippen LogP contribution in [-0.4, -0.2) is 29.4 Å². The number of aromatic hydroxyl groups is 1. The molecule has 1 rings (SSSR count). The molecule has 1 aromatic rings. The van der Waals surface area contributed by atoms with E-state index in [9.17, 15) is 4.79 Å². The Bertz CT molecular complexity index is 332. The first-order chi connectivity index (χ1) is 7.54. The van der Waals surface area contributed by atoms with Crippen LogP contribution >= 0.6 is 0 Å². The van der Waals surface area contributed by atoms with Crippen molar-refractivity contribution in [3.8, 4) is 5.75 Å². The minimum absolute atomic E-state index is 0.0184. The normalized spacial score (nSPS) is 9.19. The molecule has 4 heteroatoms. The summed E-state index contributed by atoms with van der Waals surface area (Å²) < 4.78 is 4.83. The molecule has 0 aliphatic rings. The molecule has 0 saturated carbocycles. The number of phenols is 1. The predicted molar refractivity (Wildman–Crippen MR) is 62.0 cm³/mol. The van der Waals surface area contributed by atoms with Gasteiger partial charge >= 0.3 is 5.97 Å². The average Bonchev–Trinajstić information content (AvgIpc) is 2.24. The van der Waals surface area contributed by atoms with E-state index in [-0.39, 0.29) is 11.3 Å². The number of phenolic OH excluding ortho intramolecular Hbond substituents is 1. The van der Waals surface area contributed by atoms with Crippen LogP contribution in [0.4, 0.5) is 0 Å². The van der Waals surface area contributed by atoms with E-state index >= 15 is 0 Å². The second-order valence-corrected chi connectivity index (χ2v) is 3.04. The number of ether oxygens (including phenoxy) is 1. The smallest absolute Gasteiger partial charge is 0.336 e. The van der Waals surface area contributed by atoms with Gasteiger partial charge in [-0.1, -0.05) is 6.07 Å². The molecule has 16 heavy (non-hydrogen) atoms. The van der Waals surface area contributed by atoms with Gasteiger partial charge < -0.3 is 14.9 Å². The fraction of sp³-hybridized carbons (Fsp3) is 0.417. The van der Waals surface area contributed by atoms with E-state index in [1.165, 1.54) is 18.2 Å². The van der Waals surface area contributed by atoms with Crippen LogP contribution in [0.2, 0.25) is 0 Å². The van der Waals surface area contributed by atoms with Crippen LogP contribution in [0.25, 0.3) is 0 Å². The molecule has 0 spiro atoms. The Morgan fingerprint density at radius 1 is 1.31 bits per heavy atom. The Balaban J connectivity index is 0.000000385. The van der Waals surface area contributed by atoms with Crippen molar-refractivity contribution in [2.75, 3.05) is 13.2 Å². The van der Waals surface area contributed by atoms with Gasteiger partial charge in [0.2, 0.25) is 0 Å². The van der Waals surface area contributed by atoms with Crippen LogP contribution in [0.15, 0.2) is 18.2 Å². The Labute approximate surface area is 95.5 Å². The zero-order valence-electron chi connectivity index (χ0n) is 9.86. The molecule has 0 amide bonds. The number of aromatic carboxylic acids is 1. The highest BCUT2D eigenvalue weighted by Gasteiger charge is 2.08. The molecule has 0 aromatic heterocycles. The second-order valence-electron chi connectivity index (χ2n) is 3.04. The number of carboxylic acid groups (broad SMARTS) is 1. The van der Waals surface area contributed by atoms with Crippen molar-refractivity contribution in [1.82, 2.24) is 0 Å². The van der Waals surface area contributed by atoms with Crippen molar-refractivity contribution >= 4 is 5.97 Å². The van der Waals surface area contributed by atoms with Gasteiger partial charge in [0.25, 0.3) is 0 Å². The molecule has 1 aromatic carbocycles. The zero-order chi connectivity index (χ0) is 12.6. The fourth-order valence-electron chi connectivity index (χ4n) is 1.06. The van der Waals surface area contributed by atoms with E-state index in [0.29, 0.717) is 5.56 Å². The van der Waals surface area contributed by atoms with Crippen molar-refractivity contribution in [2.24, 2.45) is 0 Å². The van der Waals surface area contributed by atoms with Crippen molar-refractivity contribution < 1.29 is 19.7 Å². The molecule has 90 valence electrons. The molecule has 0 heterocycles. The first-order valence-corrected chi connectivity index (χ1v) is 5.14. The summed E-state index contributed by atoms with van der Waals surface area (Å²) in [4.78, 5) is 10.5. The minimum atomic E-state index is -1.02. The summed E-state index contributed by atoms with van der Waals surface area (Å²) in [7, 11) is 0. The number of hydrogen-bond donors (Lipinski definition) is 2. The van der Waals surface area contributed by atoms with Crippen molar-refractivity contribution in [3.05, 3.63) is 29.3 Å². The lowest BCUT2D eigenvalue weighted by Gasteiger charge is -2.00. The molecule has 0 fully saturated rings. The maximum Gasteiger partial charge on any atom is 0.336 e. The molecule has 4 nitrogen and oxygen atoms in total. The number of hydrogen-bond acceptors (Lipinski definition) is 3. The molecular weight excluding hydrogens is 208 g/mol. The minimum Gasteiger partial charge on any atom is -0.508 e. The van der Waals surface area contributed by atoms with Crippen LogP contribution in [0.5, 0.6) is 5.75 Å². The van der Waals surface area contributed by atoms with Crippen LogP contribution < -0.4 is 0 Å². The van der Waals surface area contributed by atoms with Crippen molar-refractivity contribution in [3.63, 3.8) is 0 Å². The van der Waals surface area contributed by atoms with E-state index in [0.717, 1.165) is 13.2 Å². The van der Waals surface area contributed by atoms with Crippen LogP contribution in [0.3, 0.4) is 0 Å². The molecule has 0 aliphatic heterocycles. The lowest BCUT2D eigenvalue weighted by molar-refractivity contribution is 0.0695. The van der Waals surface area contributed by atoms with E-state index in [2.05, 4.69) is 0 Å². The quantitative estimate of drug-likeness (QED) is 0.830. The second kappa shape index (κ2) is 7.70. The van der Waals surface area contributed by atoms with Gasteiger partial charge in [-0.2, -0.15) is 0 Å². The number of carboxylic acids is 1. The van der Waals surface area contributed by atoms with Crippen LogP contribution in [0, 0.1) is 6.92 Å². The molecule has 0 radical (unpaired) electrons. The van der Waals surface area contributed by atoms with Crippen molar-refractivity contribution in [2.45, 2.75) is 20.8 Å². The Morgan fingerprint density at radius 3 is 2.19 bits per heavy atom. The third kappa shape index (κ3) is 4.79. The first-order valence-electron chi connectivity index (χ1n) is 5.14. The summed E-state index contributed by atoms with van der Waals surface area (Å²) in [5.41, 5.74) is 0.546. The van der Waals surface area contributed by atoms with Crippen LogP contribution in [-0.2, 0) is 4.74 Å². The van der Waals surface area contributed by atoms with Gasteiger partial charge in [0.05, 0.1) is 5.56 Å². The molecular formula is C12H18O4. The lowest BCUT2D eigenvalue weighted by Crippen LogP contribution is -1.98. The first kappa shape index (κ1) is 14.5. The summed E-state index contributed by atoms with van der Waals surface area (Å²) >= 11 is 0. The highest BCUT2D eigenvalue weighted by molar-refractivity contribution is 5.90. The van der Waals surface area contributed by atoms with Gasteiger partial charge in [0.15, 0.2) is 0 Å². The third-order valence-electron chi connectivity index (χ3n) is 1.94. The highest BCUT2D eigenvalue weighted by Crippen LogP contribution is 2.18. The number of rotatable bonds is 3. The largest absolute Gasteiger partial charge is 0.508 e. The van der Waals surface area contributed by atoms with E-state index in [1.54, 1.807) is 6.92 Å². The van der Waals surface area contributed by atoms with Gasteiger partial charge in [-0.05, 0) is 32.9 Å². The summed E-state index contributed by atoms with van der Waals surface area (Å²) in [6, 6.07) is 4.42. The molecule has 0 atom stereocenters. The van der Waals surface area contributed by atoms with Gasteiger partial charge in [0, 0.05) is 18.8 Å².